The molecule has 0 radical (unpaired) electrons. The van der Waals surface area contributed by atoms with Gasteiger partial charge in [0.25, 0.3) is 15.9 Å². The Morgan fingerprint density at radius 2 is 1.87 bits per heavy atom. The standard InChI is InChI=1S/C34H35N5O6S/c1-22(2)37-21-24-8-14-31(44-4)28(19-24)34(38-16-5-6-30(38)32-36-15-17-45-32)27-18-23(20-35)7-13-29(27)39(33(34)40)46(41,42)26-11-9-25(43-3)10-12-26/h7-15,17-19,22,30,37H,5-6,16,21H2,1-4H3/t30-,34?/m0/s1. The van der Waals surface area contributed by atoms with Crippen LogP contribution >= 0.6 is 0 Å². The number of ether oxygens (including phenoxy) is 2. The number of methoxy groups -OCH3 is 2. The molecule has 0 aliphatic carbocycles. The fourth-order valence-electron chi connectivity index (χ4n) is 6.52. The van der Waals surface area contributed by atoms with Gasteiger partial charge in [0.15, 0.2) is 5.54 Å². The van der Waals surface area contributed by atoms with Crippen molar-refractivity contribution in [1.29, 1.82) is 5.26 Å². The van der Waals surface area contributed by atoms with Gasteiger partial charge in [-0.25, -0.2) is 17.7 Å². The lowest BCUT2D eigenvalue weighted by Gasteiger charge is -2.41. The van der Waals surface area contributed by atoms with Crippen LogP contribution in [-0.2, 0) is 26.9 Å². The van der Waals surface area contributed by atoms with E-state index in [1.54, 1.807) is 18.3 Å². The van der Waals surface area contributed by atoms with E-state index in [1.807, 2.05) is 30.9 Å². The summed E-state index contributed by atoms with van der Waals surface area (Å²) < 4.78 is 46.8. The number of carbonyl (C=O) groups excluding carboxylic acids is 1. The molecule has 46 heavy (non-hydrogen) atoms. The summed E-state index contributed by atoms with van der Waals surface area (Å²) in [6, 6.07) is 18.1. The lowest BCUT2D eigenvalue weighted by atomic mass is 9.79. The first-order valence-corrected chi connectivity index (χ1v) is 16.5. The van der Waals surface area contributed by atoms with E-state index in [1.165, 1.54) is 56.9 Å². The summed E-state index contributed by atoms with van der Waals surface area (Å²) in [5, 5.41) is 13.4. The summed E-state index contributed by atoms with van der Waals surface area (Å²) in [6.07, 6.45) is 4.34. The van der Waals surface area contributed by atoms with Crippen molar-refractivity contribution in [2.75, 3.05) is 25.1 Å². The zero-order chi connectivity index (χ0) is 32.6. The molecule has 11 nitrogen and oxygen atoms in total. The Labute approximate surface area is 268 Å². The molecular weight excluding hydrogens is 606 g/mol. The average Bonchev–Trinajstić information content (AvgIpc) is 3.82. The Kier molecular flexibility index (Phi) is 8.33. The van der Waals surface area contributed by atoms with Crippen molar-refractivity contribution >= 4 is 21.6 Å². The molecule has 1 amide bonds. The number of likely N-dealkylation sites (tertiary alicyclic amines) is 1. The van der Waals surface area contributed by atoms with Crippen LogP contribution in [-0.4, -0.2) is 51.0 Å². The Morgan fingerprint density at radius 1 is 1.09 bits per heavy atom. The van der Waals surface area contributed by atoms with Gasteiger partial charge >= 0.3 is 0 Å². The largest absolute Gasteiger partial charge is 0.497 e. The Balaban J connectivity index is 1.67. The maximum atomic E-state index is 15.5. The number of nitrogens with one attached hydrogen (secondary N) is 1. The van der Waals surface area contributed by atoms with Crippen LogP contribution in [0.3, 0.4) is 0 Å². The number of rotatable bonds is 10. The number of carbonyl (C=O) groups is 1. The number of benzene rings is 3. The number of hydrogen-bond donors (Lipinski definition) is 1. The Morgan fingerprint density at radius 3 is 2.52 bits per heavy atom. The lowest BCUT2D eigenvalue weighted by molar-refractivity contribution is -0.127. The molecule has 1 N–H and O–H groups in total. The Bertz CT molecular complexity index is 1900. The number of fused-ring (bicyclic) bond motifs is 1. The first-order valence-electron chi connectivity index (χ1n) is 15.0. The van der Waals surface area contributed by atoms with Crippen LogP contribution in [0, 0.1) is 11.3 Å². The molecule has 4 aromatic rings. The third-order valence-corrected chi connectivity index (χ3v) is 10.3. The molecule has 2 aliphatic heterocycles. The molecule has 1 unspecified atom stereocenters. The predicted octanol–water partition coefficient (Wildman–Crippen LogP) is 4.88. The minimum absolute atomic E-state index is 0.0831. The number of amides is 1. The Hall–Kier alpha value is -4.70. The highest BCUT2D eigenvalue weighted by atomic mass is 32.2. The summed E-state index contributed by atoms with van der Waals surface area (Å²) in [6.45, 7) is 5.00. The van der Waals surface area contributed by atoms with E-state index < -0.39 is 27.5 Å². The maximum Gasteiger partial charge on any atom is 0.271 e. The normalized spacial score (nSPS) is 19.8. The minimum atomic E-state index is -4.45. The first-order chi connectivity index (χ1) is 22.2. The van der Waals surface area contributed by atoms with E-state index in [0.29, 0.717) is 54.4 Å². The van der Waals surface area contributed by atoms with Gasteiger partial charge in [0.05, 0.1) is 48.7 Å². The summed E-state index contributed by atoms with van der Waals surface area (Å²) in [5.74, 6) is 0.578. The van der Waals surface area contributed by atoms with Crippen molar-refractivity contribution in [3.63, 3.8) is 0 Å². The third-order valence-electron chi connectivity index (χ3n) is 8.61. The zero-order valence-electron chi connectivity index (χ0n) is 26.1. The van der Waals surface area contributed by atoms with Gasteiger partial charge < -0.3 is 19.2 Å². The van der Waals surface area contributed by atoms with Gasteiger partial charge in [-0.2, -0.15) is 5.26 Å². The molecule has 3 aromatic carbocycles. The van der Waals surface area contributed by atoms with Crippen molar-refractivity contribution in [3.8, 4) is 17.6 Å². The van der Waals surface area contributed by atoms with Crippen LogP contribution in [0.1, 0.15) is 60.9 Å². The number of hydrogen-bond acceptors (Lipinski definition) is 10. The highest BCUT2D eigenvalue weighted by molar-refractivity contribution is 7.93. The first kappa shape index (κ1) is 31.3. The van der Waals surface area contributed by atoms with E-state index >= 15 is 4.79 Å². The van der Waals surface area contributed by atoms with Crippen molar-refractivity contribution in [3.05, 3.63) is 101 Å². The second-order valence-corrected chi connectivity index (χ2v) is 13.4. The van der Waals surface area contributed by atoms with Gasteiger partial charge in [0.2, 0.25) is 5.89 Å². The predicted molar refractivity (Wildman–Crippen MR) is 170 cm³/mol. The fraction of sp³-hybridized carbons (Fsp3) is 0.324. The zero-order valence-corrected chi connectivity index (χ0v) is 26.9. The lowest BCUT2D eigenvalue weighted by Crippen LogP contribution is -2.54. The number of nitrogens with zero attached hydrogens (tertiary/aromatic N) is 4. The molecule has 1 aromatic heterocycles. The van der Waals surface area contributed by atoms with Crippen LogP contribution < -0.4 is 19.1 Å². The van der Waals surface area contributed by atoms with E-state index in [4.69, 9.17) is 13.9 Å². The molecular formula is C34H35N5O6S. The van der Waals surface area contributed by atoms with Gasteiger partial charge in [-0.05, 0) is 73.0 Å². The molecule has 0 bridgehead atoms. The summed E-state index contributed by atoms with van der Waals surface area (Å²) in [4.78, 5) is 21.8. The highest BCUT2D eigenvalue weighted by Gasteiger charge is 2.62. The second-order valence-electron chi connectivity index (χ2n) is 11.6. The van der Waals surface area contributed by atoms with Crippen molar-refractivity contribution in [1.82, 2.24) is 15.2 Å². The van der Waals surface area contributed by atoms with E-state index in [-0.39, 0.29) is 22.2 Å². The summed E-state index contributed by atoms with van der Waals surface area (Å²) in [5.41, 5.74) is 0.410. The minimum Gasteiger partial charge on any atom is -0.497 e. The topological polar surface area (TPSA) is 138 Å². The van der Waals surface area contributed by atoms with Crippen LogP contribution in [0.2, 0.25) is 0 Å². The van der Waals surface area contributed by atoms with Crippen LogP contribution in [0.4, 0.5) is 5.69 Å². The van der Waals surface area contributed by atoms with E-state index in [0.717, 1.165) is 9.87 Å². The van der Waals surface area contributed by atoms with Crippen LogP contribution in [0.25, 0.3) is 0 Å². The quantitative estimate of drug-likeness (QED) is 0.255. The van der Waals surface area contributed by atoms with E-state index in [2.05, 4.69) is 16.4 Å². The van der Waals surface area contributed by atoms with Gasteiger partial charge in [-0.15, -0.1) is 0 Å². The van der Waals surface area contributed by atoms with Crippen LogP contribution in [0.5, 0.6) is 11.5 Å². The molecule has 12 heteroatoms. The fourth-order valence-corrected chi connectivity index (χ4v) is 7.98. The second kappa shape index (κ2) is 12.2. The highest BCUT2D eigenvalue weighted by Crippen LogP contribution is 2.56. The number of nitriles is 1. The molecule has 1 saturated heterocycles. The van der Waals surface area contributed by atoms with Crippen molar-refractivity contribution < 1.29 is 27.1 Å². The third kappa shape index (κ3) is 5.01. The molecule has 6 rings (SSSR count). The monoisotopic (exact) mass is 641 g/mol. The number of aromatic nitrogens is 1. The van der Waals surface area contributed by atoms with Crippen molar-refractivity contribution in [2.45, 2.75) is 55.8 Å². The van der Waals surface area contributed by atoms with Gasteiger partial charge in [0, 0.05) is 30.3 Å². The number of anilines is 1. The molecule has 1 fully saturated rings. The smallest absolute Gasteiger partial charge is 0.271 e. The molecule has 0 spiro atoms. The molecule has 2 aliphatic rings. The number of oxazole rings is 1. The molecule has 2 atom stereocenters. The van der Waals surface area contributed by atoms with Crippen molar-refractivity contribution in [2.24, 2.45) is 0 Å². The maximum absolute atomic E-state index is 15.5. The SMILES string of the molecule is COc1ccc(S(=O)(=O)N2C(=O)C(c3cc(CNC(C)C)ccc3OC)(N3CCC[C@H]3c3ncco3)c3cc(C#N)ccc32)cc1. The molecule has 0 saturated carbocycles. The van der Waals surface area contributed by atoms with E-state index in [9.17, 15) is 13.7 Å². The van der Waals surface area contributed by atoms with Gasteiger partial charge in [-0.1, -0.05) is 19.9 Å². The van der Waals surface area contributed by atoms with Gasteiger partial charge in [0.1, 0.15) is 17.8 Å². The molecule has 238 valence electrons. The van der Waals surface area contributed by atoms with Gasteiger partial charge in [-0.3, -0.25) is 9.69 Å². The summed E-state index contributed by atoms with van der Waals surface area (Å²) >= 11 is 0. The number of sulfonamides is 1. The van der Waals surface area contributed by atoms with Crippen LogP contribution in [0.15, 0.2) is 82.4 Å². The summed E-state index contributed by atoms with van der Waals surface area (Å²) in [7, 11) is -1.44. The molecule has 3 heterocycles. The average molecular weight is 642 g/mol.